The highest BCUT2D eigenvalue weighted by atomic mass is 16.3. The molecule has 4 aromatic rings. The number of aryl methyl sites for hydroxylation is 2. The summed E-state index contributed by atoms with van der Waals surface area (Å²) >= 11 is 0. The van der Waals surface area contributed by atoms with E-state index in [0.29, 0.717) is 5.71 Å². The van der Waals surface area contributed by atoms with Crippen LogP contribution < -0.4 is 20.0 Å². The van der Waals surface area contributed by atoms with Crippen LogP contribution in [0.1, 0.15) is 12.5 Å². The topological polar surface area (TPSA) is 33.2 Å². The molecule has 0 aliphatic carbocycles. The lowest BCUT2D eigenvalue weighted by molar-refractivity contribution is -0.658. The summed E-state index contributed by atoms with van der Waals surface area (Å²) in [5.41, 5.74) is 6.53. The first-order chi connectivity index (χ1) is 14.0. The van der Waals surface area contributed by atoms with Crippen LogP contribution in [0.2, 0.25) is 6.82 Å². The molecule has 1 aromatic carbocycles. The molecular formula is C24H23BN3O+. The van der Waals surface area contributed by atoms with Gasteiger partial charge in [0.05, 0.1) is 29.5 Å². The second kappa shape index (κ2) is 6.62. The zero-order chi connectivity index (χ0) is 20.1. The van der Waals surface area contributed by atoms with Crippen LogP contribution in [0.4, 0.5) is 5.82 Å². The summed E-state index contributed by atoms with van der Waals surface area (Å²) in [6.07, 6.45) is 3.99. The maximum atomic E-state index is 6.04. The van der Waals surface area contributed by atoms with Crippen molar-refractivity contribution in [3.63, 3.8) is 0 Å². The Hall–Kier alpha value is -3.34. The highest BCUT2D eigenvalue weighted by Crippen LogP contribution is 2.28. The number of hydrogen-bond acceptors (Lipinski definition) is 3. The number of benzene rings is 1. The van der Waals surface area contributed by atoms with Crippen molar-refractivity contribution in [1.29, 1.82) is 0 Å². The predicted molar refractivity (Wildman–Crippen MR) is 119 cm³/mol. The first kappa shape index (κ1) is 17.7. The minimum absolute atomic E-state index is 0.167. The quantitative estimate of drug-likeness (QED) is 0.396. The molecule has 5 rings (SSSR count). The van der Waals surface area contributed by atoms with E-state index in [1.807, 2.05) is 6.07 Å². The van der Waals surface area contributed by atoms with Crippen molar-refractivity contribution >= 4 is 35.4 Å². The standard InChI is InChI=1S/C24H23BN3O/c1-16-15-27(4)22(13-20(16)18-9-6-5-7-10-18)28-17(2)23-19-11-8-12-26-24(19)29-21(23)14-25(28)3/h5-15H,1-4H3/q+1. The van der Waals surface area contributed by atoms with Crippen molar-refractivity contribution in [2.24, 2.45) is 7.05 Å². The van der Waals surface area contributed by atoms with Crippen LogP contribution in [0.25, 0.3) is 33.9 Å². The summed E-state index contributed by atoms with van der Waals surface area (Å²) in [6, 6.07) is 16.9. The Labute approximate surface area is 170 Å². The van der Waals surface area contributed by atoms with E-state index in [2.05, 4.69) is 96.7 Å². The summed E-state index contributed by atoms with van der Waals surface area (Å²) < 4.78 is 8.25. The molecule has 3 aromatic heterocycles. The van der Waals surface area contributed by atoms with E-state index >= 15 is 0 Å². The fourth-order valence-corrected chi connectivity index (χ4v) is 4.48. The maximum absolute atomic E-state index is 6.04. The predicted octanol–water partition coefficient (Wildman–Crippen LogP) is 3.22. The van der Waals surface area contributed by atoms with E-state index < -0.39 is 0 Å². The molecule has 1 aliphatic heterocycles. The molecule has 0 saturated heterocycles. The van der Waals surface area contributed by atoms with E-state index in [1.54, 1.807) is 6.20 Å². The summed E-state index contributed by atoms with van der Waals surface area (Å²) in [7, 11) is 2.11. The normalized spacial score (nSPS) is 13.6. The molecule has 0 unspecified atom stereocenters. The smallest absolute Gasteiger partial charge is 0.405 e. The van der Waals surface area contributed by atoms with Crippen molar-refractivity contribution in [2.75, 3.05) is 4.81 Å². The molecule has 0 amide bonds. The van der Waals surface area contributed by atoms with E-state index in [9.17, 15) is 0 Å². The van der Waals surface area contributed by atoms with E-state index in [1.165, 1.54) is 22.4 Å². The molecule has 4 nitrogen and oxygen atoms in total. The van der Waals surface area contributed by atoms with Crippen molar-refractivity contribution in [3.8, 4) is 11.1 Å². The second-order valence-corrected chi connectivity index (χ2v) is 7.77. The van der Waals surface area contributed by atoms with E-state index in [4.69, 9.17) is 4.42 Å². The highest BCUT2D eigenvalue weighted by molar-refractivity contribution is 6.77. The largest absolute Gasteiger partial charge is 0.439 e. The van der Waals surface area contributed by atoms with Gasteiger partial charge in [-0.3, -0.25) is 4.81 Å². The molecule has 1 aliphatic rings. The van der Waals surface area contributed by atoms with Gasteiger partial charge >= 0.3 is 6.85 Å². The highest BCUT2D eigenvalue weighted by Gasteiger charge is 2.34. The number of fused-ring (bicyclic) bond motifs is 3. The van der Waals surface area contributed by atoms with Crippen LogP contribution in [-0.4, -0.2) is 11.8 Å². The Morgan fingerprint density at radius 1 is 1.07 bits per heavy atom. The minimum atomic E-state index is 0.167. The molecule has 0 atom stereocenters. The van der Waals surface area contributed by atoms with Crippen molar-refractivity contribution in [1.82, 2.24) is 4.98 Å². The van der Waals surface area contributed by atoms with Crippen LogP contribution >= 0.6 is 0 Å². The fraction of sp³-hybridized carbons (Fsp3) is 0.167. The van der Waals surface area contributed by atoms with Crippen LogP contribution in [-0.2, 0) is 7.05 Å². The van der Waals surface area contributed by atoms with Crippen molar-refractivity contribution in [3.05, 3.63) is 77.1 Å². The van der Waals surface area contributed by atoms with E-state index in [-0.39, 0.29) is 6.85 Å². The number of pyridine rings is 2. The SMILES string of the molecule is CB1C=c2oc3ncccc3c2=C(C)N1c1cc(-c2ccccc2)c(C)c[n+]1C. The molecule has 0 N–H and O–H groups in total. The van der Waals surface area contributed by atoms with Crippen molar-refractivity contribution in [2.45, 2.75) is 20.7 Å². The van der Waals surface area contributed by atoms with Crippen molar-refractivity contribution < 1.29 is 8.98 Å². The monoisotopic (exact) mass is 380 g/mol. The van der Waals surface area contributed by atoms with Gasteiger partial charge in [0, 0.05) is 12.3 Å². The third kappa shape index (κ3) is 2.77. The van der Waals surface area contributed by atoms with Gasteiger partial charge in [0.15, 0.2) is 0 Å². The lowest BCUT2D eigenvalue weighted by Gasteiger charge is -2.24. The summed E-state index contributed by atoms with van der Waals surface area (Å²) in [4.78, 5) is 6.79. The van der Waals surface area contributed by atoms with Gasteiger partial charge in [-0.15, -0.1) is 0 Å². The lowest BCUT2D eigenvalue weighted by atomic mass is 9.61. The summed E-state index contributed by atoms with van der Waals surface area (Å²) in [5.74, 6) is 3.34. The zero-order valence-electron chi connectivity index (χ0n) is 17.2. The molecule has 0 fully saturated rings. The van der Waals surface area contributed by atoms with Gasteiger partial charge in [0.1, 0.15) is 5.42 Å². The van der Waals surface area contributed by atoms with Gasteiger partial charge in [-0.2, -0.15) is 0 Å². The Kier molecular flexibility index (Phi) is 4.05. The van der Waals surface area contributed by atoms with Crippen LogP contribution in [0.3, 0.4) is 0 Å². The fourth-order valence-electron chi connectivity index (χ4n) is 4.48. The Morgan fingerprint density at radius 2 is 1.86 bits per heavy atom. The first-order valence-corrected chi connectivity index (χ1v) is 9.96. The number of anilines is 1. The molecule has 142 valence electrons. The Morgan fingerprint density at radius 3 is 2.66 bits per heavy atom. The average molecular weight is 380 g/mol. The van der Waals surface area contributed by atoms with Gasteiger partial charge in [-0.05, 0) is 55.5 Å². The molecule has 0 saturated carbocycles. The third-order valence-electron chi connectivity index (χ3n) is 5.80. The average Bonchev–Trinajstić information content (AvgIpc) is 3.08. The molecule has 0 spiro atoms. The van der Waals surface area contributed by atoms with Gasteiger partial charge < -0.3 is 4.42 Å². The third-order valence-corrected chi connectivity index (χ3v) is 5.80. The van der Waals surface area contributed by atoms with Crippen LogP contribution in [0.5, 0.6) is 0 Å². The molecule has 4 heterocycles. The maximum Gasteiger partial charge on any atom is 0.405 e. The first-order valence-electron chi connectivity index (χ1n) is 9.96. The number of aromatic nitrogens is 2. The second-order valence-electron chi connectivity index (χ2n) is 7.77. The van der Waals surface area contributed by atoms with Gasteiger partial charge in [-0.25, -0.2) is 9.55 Å². The Balaban J connectivity index is 1.76. The van der Waals surface area contributed by atoms with E-state index in [0.717, 1.165) is 21.8 Å². The van der Waals surface area contributed by atoms with Gasteiger partial charge in [0.2, 0.25) is 5.71 Å². The number of furan rings is 1. The molecule has 0 bridgehead atoms. The van der Waals surface area contributed by atoms with Gasteiger partial charge in [0.25, 0.3) is 5.82 Å². The molecule has 29 heavy (non-hydrogen) atoms. The number of hydrogen-bond donors (Lipinski definition) is 0. The zero-order valence-corrected chi connectivity index (χ0v) is 17.2. The molecular weight excluding hydrogens is 357 g/mol. The molecule has 0 radical (unpaired) electrons. The summed E-state index contributed by atoms with van der Waals surface area (Å²) in [6.45, 7) is 6.71. The Bertz CT molecular complexity index is 1360. The molecule has 5 heteroatoms. The number of nitrogens with zero attached hydrogens (tertiary/aromatic N) is 3. The number of rotatable bonds is 2. The van der Waals surface area contributed by atoms with Gasteiger partial charge in [-0.1, -0.05) is 30.3 Å². The van der Waals surface area contributed by atoms with Crippen LogP contribution in [0.15, 0.2) is 65.3 Å². The summed E-state index contributed by atoms with van der Waals surface area (Å²) in [5, 5.41) is 2.19. The minimum Gasteiger partial charge on any atom is -0.439 e. The van der Waals surface area contributed by atoms with Crippen LogP contribution in [0, 0.1) is 6.92 Å². The lowest BCUT2D eigenvalue weighted by Crippen LogP contribution is -2.50.